The van der Waals surface area contributed by atoms with Gasteiger partial charge in [-0.3, -0.25) is 0 Å². The lowest BCUT2D eigenvalue weighted by atomic mass is 9.88. The number of nitriles is 1. The molecular formula is C21H24N2O4S. The summed E-state index contributed by atoms with van der Waals surface area (Å²) in [7, 11) is -0.851. The van der Waals surface area contributed by atoms with Crippen LogP contribution in [0.15, 0.2) is 47.4 Å². The van der Waals surface area contributed by atoms with Gasteiger partial charge in [-0.1, -0.05) is 24.3 Å². The van der Waals surface area contributed by atoms with E-state index in [0.29, 0.717) is 11.5 Å². The molecule has 0 bridgehead atoms. The number of ether oxygens (including phenoxy) is 2. The van der Waals surface area contributed by atoms with Gasteiger partial charge in [0.2, 0.25) is 10.0 Å². The zero-order chi connectivity index (χ0) is 20.1. The van der Waals surface area contributed by atoms with E-state index in [9.17, 15) is 8.42 Å². The highest BCUT2D eigenvalue weighted by atomic mass is 32.2. The second-order valence-electron chi connectivity index (χ2n) is 6.65. The summed E-state index contributed by atoms with van der Waals surface area (Å²) < 4.78 is 39.0. The van der Waals surface area contributed by atoms with Crippen molar-refractivity contribution in [2.75, 3.05) is 20.8 Å². The molecule has 2 aromatic rings. The van der Waals surface area contributed by atoms with Crippen molar-refractivity contribution >= 4 is 10.0 Å². The molecule has 0 spiro atoms. The Balaban J connectivity index is 2.06. The average molecular weight is 401 g/mol. The third-order valence-corrected chi connectivity index (χ3v) is 7.00. The van der Waals surface area contributed by atoms with E-state index in [1.165, 1.54) is 36.2 Å². The van der Waals surface area contributed by atoms with Crippen molar-refractivity contribution in [3.63, 3.8) is 0 Å². The molecule has 0 heterocycles. The highest BCUT2D eigenvalue weighted by Crippen LogP contribution is 2.38. The Kier molecular flexibility index (Phi) is 6.22. The van der Waals surface area contributed by atoms with Gasteiger partial charge in [-0.25, -0.2) is 8.42 Å². The minimum atomic E-state index is -3.83. The highest BCUT2D eigenvalue weighted by Gasteiger charge is 2.35. The summed E-state index contributed by atoms with van der Waals surface area (Å²) in [6, 6.07) is 14.3. The molecule has 0 unspecified atom stereocenters. The van der Waals surface area contributed by atoms with Crippen LogP contribution in [0.5, 0.6) is 11.5 Å². The van der Waals surface area contributed by atoms with Gasteiger partial charge in [0.05, 0.1) is 31.2 Å². The molecule has 1 atom stereocenters. The Labute approximate surface area is 166 Å². The number of fused-ring (bicyclic) bond motifs is 1. The molecule has 28 heavy (non-hydrogen) atoms. The van der Waals surface area contributed by atoms with E-state index in [4.69, 9.17) is 14.7 Å². The second kappa shape index (κ2) is 8.63. The first kappa shape index (κ1) is 20.2. The number of hydrogen-bond acceptors (Lipinski definition) is 5. The van der Waals surface area contributed by atoms with Crippen LogP contribution in [-0.2, 0) is 16.4 Å². The Bertz CT molecular complexity index is 982. The third kappa shape index (κ3) is 3.84. The Morgan fingerprint density at radius 1 is 1.14 bits per heavy atom. The lowest BCUT2D eigenvalue weighted by Gasteiger charge is -2.34. The van der Waals surface area contributed by atoms with Crippen LogP contribution < -0.4 is 9.47 Å². The number of hydrogen-bond donors (Lipinski definition) is 0. The topological polar surface area (TPSA) is 79.6 Å². The van der Waals surface area contributed by atoms with Crippen molar-refractivity contribution in [2.24, 2.45) is 0 Å². The summed E-state index contributed by atoms with van der Waals surface area (Å²) in [5.74, 6) is 0.820. The minimum absolute atomic E-state index is 0.130. The van der Waals surface area contributed by atoms with Crippen LogP contribution in [0.3, 0.4) is 0 Å². The summed E-state index contributed by atoms with van der Waals surface area (Å²) in [5, 5.41) is 9.09. The highest BCUT2D eigenvalue weighted by molar-refractivity contribution is 7.89. The number of methoxy groups -OCH3 is 2. The predicted molar refractivity (Wildman–Crippen MR) is 106 cm³/mol. The lowest BCUT2D eigenvalue weighted by Crippen LogP contribution is -2.37. The van der Waals surface area contributed by atoms with E-state index in [2.05, 4.69) is 6.07 Å². The molecular weight excluding hydrogens is 376 g/mol. The summed E-state index contributed by atoms with van der Waals surface area (Å²) >= 11 is 0. The summed E-state index contributed by atoms with van der Waals surface area (Å²) in [6.07, 6.45) is 2.71. The monoisotopic (exact) mass is 400 g/mol. The average Bonchev–Trinajstić information content (AvgIpc) is 2.73. The molecule has 1 aliphatic carbocycles. The van der Waals surface area contributed by atoms with Crippen LogP contribution in [0.1, 0.15) is 36.4 Å². The van der Waals surface area contributed by atoms with Gasteiger partial charge in [-0.05, 0) is 42.5 Å². The van der Waals surface area contributed by atoms with Crippen molar-refractivity contribution in [1.29, 1.82) is 5.26 Å². The first-order valence-electron chi connectivity index (χ1n) is 9.21. The largest absolute Gasteiger partial charge is 0.493 e. The molecule has 0 saturated carbocycles. The molecule has 0 amide bonds. The van der Waals surface area contributed by atoms with Gasteiger partial charge in [0.1, 0.15) is 0 Å². The van der Waals surface area contributed by atoms with Gasteiger partial charge in [0, 0.05) is 19.0 Å². The predicted octanol–water partition coefficient (Wildman–Crippen LogP) is 3.69. The van der Waals surface area contributed by atoms with Crippen LogP contribution >= 0.6 is 0 Å². The van der Waals surface area contributed by atoms with Crippen molar-refractivity contribution < 1.29 is 17.9 Å². The molecule has 0 N–H and O–H groups in total. The standard InChI is InChI=1S/C21H24N2O4S/c1-26-20-12-11-17(15-21(20)27-2)28(24,25)23(14-6-13-22)19-10-5-8-16-7-3-4-9-18(16)19/h3-4,7,9,11-12,15,19H,5-6,8,10,14H2,1-2H3/t19-/m0/s1. The number of rotatable bonds is 7. The summed E-state index contributed by atoms with van der Waals surface area (Å²) in [6.45, 7) is 0.145. The van der Waals surface area contributed by atoms with Crippen LogP contribution in [0.25, 0.3) is 0 Å². The fourth-order valence-corrected chi connectivity index (χ4v) is 5.40. The van der Waals surface area contributed by atoms with Crippen LogP contribution in [0.4, 0.5) is 0 Å². The molecule has 0 aromatic heterocycles. The van der Waals surface area contributed by atoms with E-state index in [-0.39, 0.29) is 23.9 Å². The van der Waals surface area contributed by atoms with E-state index in [1.807, 2.05) is 24.3 Å². The minimum Gasteiger partial charge on any atom is -0.493 e. The lowest BCUT2D eigenvalue weighted by molar-refractivity contribution is 0.298. The normalized spacial score (nSPS) is 16.3. The fourth-order valence-electron chi connectivity index (χ4n) is 3.74. The van der Waals surface area contributed by atoms with Crippen molar-refractivity contribution in [1.82, 2.24) is 4.31 Å². The van der Waals surface area contributed by atoms with Crippen molar-refractivity contribution in [2.45, 2.75) is 36.6 Å². The molecule has 2 aromatic carbocycles. The van der Waals surface area contributed by atoms with Gasteiger partial charge in [-0.15, -0.1) is 0 Å². The first-order valence-corrected chi connectivity index (χ1v) is 10.7. The zero-order valence-corrected chi connectivity index (χ0v) is 16.9. The quantitative estimate of drug-likeness (QED) is 0.708. The van der Waals surface area contributed by atoms with Gasteiger partial charge in [0.25, 0.3) is 0 Å². The van der Waals surface area contributed by atoms with Crippen LogP contribution in [0.2, 0.25) is 0 Å². The van der Waals surface area contributed by atoms with E-state index >= 15 is 0 Å². The van der Waals surface area contributed by atoms with Gasteiger partial charge < -0.3 is 9.47 Å². The Hall–Kier alpha value is -2.56. The van der Waals surface area contributed by atoms with Crippen molar-refractivity contribution in [3.05, 3.63) is 53.6 Å². The van der Waals surface area contributed by atoms with E-state index in [0.717, 1.165) is 24.8 Å². The number of sulfonamides is 1. The molecule has 0 aliphatic heterocycles. The molecule has 0 saturated heterocycles. The van der Waals surface area contributed by atoms with E-state index < -0.39 is 10.0 Å². The molecule has 3 rings (SSSR count). The first-order chi connectivity index (χ1) is 13.5. The Morgan fingerprint density at radius 3 is 2.61 bits per heavy atom. The Morgan fingerprint density at radius 2 is 1.89 bits per heavy atom. The molecule has 148 valence electrons. The van der Waals surface area contributed by atoms with Gasteiger partial charge in [-0.2, -0.15) is 9.57 Å². The summed E-state index contributed by atoms with van der Waals surface area (Å²) in [5.41, 5.74) is 2.19. The van der Waals surface area contributed by atoms with Gasteiger partial charge >= 0.3 is 0 Å². The third-order valence-electron chi connectivity index (χ3n) is 5.09. The van der Waals surface area contributed by atoms with Crippen molar-refractivity contribution in [3.8, 4) is 17.6 Å². The number of aryl methyl sites for hydroxylation is 1. The molecule has 1 aliphatic rings. The maximum Gasteiger partial charge on any atom is 0.243 e. The SMILES string of the molecule is COc1ccc(S(=O)(=O)N(CCC#N)[C@H]2CCCc3ccccc32)cc1OC. The number of benzene rings is 2. The number of nitrogens with zero attached hydrogens (tertiary/aromatic N) is 2. The zero-order valence-electron chi connectivity index (χ0n) is 16.1. The fraction of sp³-hybridized carbons (Fsp3) is 0.381. The second-order valence-corrected chi connectivity index (χ2v) is 8.54. The maximum atomic E-state index is 13.5. The molecule has 6 nitrogen and oxygen atoms in total. The molecule has 7 heteroatoms. The molecule has 0 fully saturated rings. The van der Waals surface area contributed by atoms with E-state index in [1.54, 1.807) is 6.07 Å². The molecule has 0 radical (unpaired) electrons. The maximum absolute atomic E-state index is 13.5. The smallest absolute Gasteiger partial charge is 0.243 e. The van der Waals surface area contributed by atoms with Crippen LogP contribution in [0, 0.1) is 11.3 Å². The van der Waals surface area contributed by atoms with Crippen LogP contribution in [-0.4, -0.2) is 33.5 Å². The van der Waals surface area contributed by atoms with Gasteiger partial charge in [0.15, 0.2) is 11.5 Å². The summed E-state index contributed by atoms with van der Waals surface area (Å²) in [4.78, 5) is 0.131.